The molecule has 0 fully saturated rings. The van der Waals surface area contributed by atoms with E-state index < -0.39 is 11.9 Å². The van der Waals surface area contributed by atoms with Crippen molar-refractivity contribution in [2.75, 3.05) is 5.32 Å². The smallest absolute Gasteiger partial charge is 0.253 e. The molecule has 0 radical (unpaired) electrons. The van der Waals surface area contributed by atoms with Gasteiger partial charge in [0.25, 0.3) is 11.5 Å². The number of anilines is 1. The highest BCUT2D eigenvalue weighted by Crippen LogP contribution is 2.38. The summed E-state index contributed by atoms with van der Waals surface area (Å²) in [4.78, 5) is 40.6. The van der Waals surface area contributed by atoms with Gasteiger partial charge in [0.2, 0.25) is 5.91 Å². The van der Waals surface area contributed by atoms with Crippen molar-refractivity contribution < 1.29 is 9.59 Å². The Morgan fingerprint density at radius 3 is 2.58 bits per heavy atom. The maximum Gasteiger partial charge on any atom is 0.253 e. The molecule has 2 amide bonds. The molecule has 0 saturated carbocycles. The maximum atomic E-state index is 13.7. The summed E-state index contributed by atoms with van der Waals surface area (Å²) in [5.74, 6) is -0.894. The molecule has 1 aliphatic rings. The van der Waals surface area contributed by atoms with Gasteiger partial charge in [0.15, 0.2) is 0 Å². The summed E-state index contributed by atoms with van der Waals surface area (Å²) in [5.41, 5.74) is 9.77. The highest BCUT2D eigenvalue weighted by Gasteiger charge is 2.29. The summed E-state index contributed by atoms with van der Waals surface area (Å²) in [7, 11) is 0. The van der Waals surface area contributed by atoms with Gasteiger partial charge in [-0.05, 0) is 69.2 Å². The van der Waals surface area contributed by atoms with E-state index in [1.54, 1.807) is 10.7 Å². The van der Waals surface area contributed by atoms with Crippen molar-refractivity contribution in [1.29, 1.82) is 0 Å². The predicted molar refractivity (Wildman–Crippen MR) is 142 cm³/mol. The zero-order chi connectivity index (χ0) is 25.6. The van der Waals surface area contributed by atoms with E-state index in [1.807, 2.05) is 51.1 Å². The summed E-state index contributed by atoms with van der Waals surface area (Å²) in [6.07, 6.45) is 4.08. The molecule has 0 spiro atoms. The van der Waals surface area contributed by atoms with Crippen molar-refractivity contribution in [3.05, 3.63) is 74.0 Å². The van der Waals surface area contributed by atoms with E-state index in [4.69, 9.17) is 10.8 Å². The van der Waals surface area contributed by atoms with Gasteiger partial charge in [-0.1, -0.05) is 25.1 Å². The number of nitrogens with zero attached hydrogens (tertiary/aromatic N) is 3. The molecule has 0 saturated heterocycles. The number of nitrogens with two attached hydrogens (primary N) is 1. The summed E-state index contributed by atoms with van der Waals surface area (Å²) in [5, 5.41) is 9.01. The van der Waals surface area contributed by atoms with Gasteiger partial charge in [0.1, 0.15) is 16.7 Å². The van der Waals surface area contributed by atoms with Gasteiger partial charge in [-0.2, -0.15) is 5.10 Å². The first-order chi connectivity index (χ1) is 17.3. The Morgan fingerprint density at radius 2 is 1.89 bits per heavy atom. The highest BCUT2D eigenvalue weighted by molar-refractivity contribution is 7.17. The number of aromatic nitrogens is 3. The Labute approximate surface area is 212 Å². The van der Waals surface area contributed by atoms with Crippen LogP contribution in [0.3, 0.4) is 0 Å². The molecule has 36 heavy (non-hydrogen) atoms. The normalized spacial score (nSPS) is 14.0. The van der Waals surface area contributed by atoms with Crippen molar-refractivity contribution in [1.82, 2.24) is 14.3 Å². The molecule has 8 nitrogen and oxygen atoms in total. The zero-order valence-corrected chi connectivity index (χ0v) is 21.4. The van der Waals surface area contributed by atoms with Crippen LogP contribution in [0.5, 0.6) is 0 Å². The van der Waals surface area contributed by atoms with Crippen LogP contribution in [0.25, 0.3) is 16.7 Å². The second-order valence-electron chi connectivity index (χ2n) is 9.26. The summed E-state index contributed by atoms with van der Waals surface area (Å²) in [6.45, 7) is 5.65. The molecule has 1 aliphatic carbocycles. The molecule has 186 valence electrons. The van der Waals surface area contributed by atoms with Gasteiger partial charge < -0.3 is 11.1 Å². The van der Waals surface area contributed by atoms with Crippen molar-refractivity contribution in [3.63, 3.8) is 0 Å². The Kier molecular flexibility index (Phi) is 6.26. The SMILES string of the molecule is CCC(C(=O)Nc1sc2c(c1C(N)=O)CCCC2)n1c(=O)cc(C)c2c(C)nn(-c3ccccc3)c21. The van der Waals surface area contributed by atoms with Crippen LogP contribution in [0.4, 0.5) is 5.00 Å². The third kappa shape index (κ3) is 3.93. The lowest BCUT2D eigenvalue weighted by Gasteiger charge is -2.20. The van der Waals surface area contributed by atoms with Gasteiger partial charge in [0, 0.05) is 16.3 Å². The minimum absolute atomic E-state index is 0.278. The van der Waals surface area contributed by atoms with Gasteiger partial charge in [-0.3, -0.25) is 19.0 Å². The molecule has 3 aromatic heterocycles. The number of amides is 2. The lowest BCUT2D eigenvalue weighted by molar-refractivity contribution is -0.119. The van der Waals surface area contributed by atoms with Crippen LogP contribution in [0.15, 0.2) is 41.2 Å². The van der Waals surface area contributed by atoms with Gasteiger partial charge in [-0.25, -0.2) is 4.68 Å². The number of hydrogen-bond donors (Lipinski definition) is 2. The number of carbonyl (C=O) groups is 2. The van der Waals surface area contributed by atoms with Gasteiger partial charge in [-0.15, -0.1) is 11.3 Å². The fraction of sp³-hybridized carbons (Fsp3) is 0.333. The number of primary amides is 1. The Hall–Kier alpha value is -3.72. The average Bonchev–Trinajstić information content (AvgIpc) is 3.39. The van der Waals surface area contributed by atoms with E-state index in [0.29, 0.717) is 22.6 Å². The van der Waals surface area contributed by atoms with Crippen LogP contribution >= 0.6 is 11.3 Å². The number of fused-ring (bicyclic) bond motifs is 2. The lowest BCUT2D eigenvalue weighted by Crippen LogP contribution is -2.34. The van der Waals surface area contributed by atoms with E-state index in [9.17, 15) is 14.4 Å². The summed E-state index contributed by atoms with van der Waals surface area (Å²) < 4.78 is 3.26. The summed E-state index contributed by atoms with van der Waals surface area (Å²) in [6, 6.07) is 10.3. The van der Waals surface area contributed by atoms with Crippen molar-refractivity contribution >= 4 is 39.2 Å². The molecule has 3 N–H and O–H groups in total. The Bertz CT molecular complexity index is 1550. The highest BCUT2D eigenvalue weighted by atomic mass is 32.1. The molecule has 3 heterocycles. The van der Waals surface area contributed by atoms with Crippen LogP contribution in [0, 0.1) is 13.8 Å². The number of pyridine rings is 1. The van der Waals surface area contributed by atoms with E-state index in [2.05, 4.69) is 5.32 Å². The zero-order valence-electron chi connectivity index (χ0n) is 20.6. The third-order valence-electron chi connectivity index (χ3n) is 6.89. The van der Waals surface area contributed by atoms with Crippen LogP contribution in [0.1, 0.15) is 64.3 Å². The first kappa shape index (κ1) is 24.0. The molecule has 1 unspecified atom stereocenters. The number of carbonyl (C=O) groups excluding carboxylic acids is 2. The molecular formula is C27H29N5O3S. The fourth-order valence-corrected chi connectivity index (χ4v) is 6.57. The van der Waals surface area contributed by atoms with Crippen molar-refractivity contribution in [2.24, 2.45) is 5.73 Å². The largest absolute Gasteiger partial charge is 0.365 e. The second kappa shape index (κ2) is 9.39. The number of rotatable bonds is 6. The van der Waals surface area contributed by atoms with Crippen LogP contribution in [-0.4, -0.2) is 26.2 Å². The number of hydrogen-bond acceptors (Lipinski definition) is 5. The minimum atomic E-state index is -0.806. The first-order valence-corrected chi connectivity index (χ1v) is 13.1. The van der Waals surface area contributed by atoms with Crippen LogP contribution in [0.2, 0.25) is 0 Å². The number of nitrogens with one attached hydrogen (secondary N) is 1. The van der Waals surface area contributed by atoms with E-state index >= 15 is 0 Å². The van der Waals surface area contributed by atoms with E-state index in [-0.39, 0.29) is 11.5 Å². The lowest BCUT2D eigenvalue weighted by atomic mass is 9.95. The van der Waals surface area contributed by atoms with Gasteiger partial charge >= 0.3 is 0 Å². The number of para-hydroxylation sites is 1. The number of aryl methyl sites for hydroxylation is 3. The topological polar surface area (TPSA) is 112 Å². The third-order valence-corrected chi connectivity index (χ3v) is 8.10. The van der Waals surface area contributed by atoms with Crippen LogP contribution < -0.4 is 16.6 Å². The molecule has 1 aromatic carbocycles. The quantitative estimate of drug-likeness (QED) is 0.405. The maximum absolute atomic E-state index is 13.7. The first-order valence-electron chi connectivity index (χ1n) is 12.2. The Balaban J connectivity index is 1.64. The molecule has 5 rings (SSSR count). The number of benzene rings is 1. The molecule has 4 aromatic rings. The second-order valence-corrected chi connectivity index (χ2v) is 10.4. The van der Waals surface area contributed by atoms with Gasteiger partial charge in [0.05, 0.1) is 16.9 Å². The van der Waals surface area contributed by atoms with E-state index in [1.165, 1.54) is 15.9 Å². The molecule has 1 atom stereocenters. The predicted octanol–water partition coefficient (Wildman–Crippen LogP) is 4.43. The molecule has 0 bridgehead atoms. The van der Waals surface area contributed by atoms with Crippen molar-refractivity contribution in [2.45, 2.75) is 58.9 Å². The molecule has 0 aliphatic heterocycles. The minimum Gasteiger partial charge on any atom is -0.365 e. The molecular weight excluding hydrogens is 474 g/mol. The van der Waals surface area contributed by atoms with Crippen LogP contribution in [-0.2, 0) is 17.6 Å². The molecule has 9 heteroatoms. The average molecular weight is 504 g/mol. The standard InChI is InChI=1S/C27H29N5O3S/c1-4-19(25(35)29-26-23(24(28)34)18-12-8-9-13-20(18)36-26)31-21(33)14-15(2)22-16(3)30-32(27(22)31)17-10-6-5-7-11-17/h5-7,10-11,14,19H,4,8-9,12-13H2,1-3H3,(H2,28,34)(H,29,35). The Morgan fingerprint density at radius 1 is 1.17 bits per heavy atom. The number of thiophene rings is 1. The fourth-order valence-electron chi connectivity index (χ4n) is 5.28. The summed E-state index contributed by atoms with van der Waals surface area (Å²) >= 11 is 1.42. The van der Waals surface area contributed by atoms with Crippen molar-refractivity contribution in [3.8, 4) is 5.69 Å². The van der Waals surface area contributed by atoms with E-state index in [0.717, 1.165) is 58.5 Å². The monoisotopic (exact) mass is 503 g/mol.